The molecule has 0 radical (unpaired) electrons. The van der Waals surface area contributed by atoms with Gasteiger partial charge in [0.2, 0.25) is 0 Å². The van der Waals surface area contributed by atoms with Crippen LogP contribution in [-0.4, -0.2) is 39.2 Å². The molecule has 0 aliphatic heterocycles. The third kappa shape index (κ3) is 12.0. The molecule has 0 saturated heterocycles. The van der Waals surface area contributed by atoms with Gasteiger partial charge in [-0.1, -0.05) is 6.92 Å². The molecule has 0 rings (SSSR count). The Morgan fingerprint density at radius 1 is 1.00 bits per heavy atom. The Balaban J connectivity index is 0. The molecule has 8 heteroatoms. The first kappa shape index (κ1) is 17.5. The molecule has 0 amide bonds. The fourth-order valence-electron chi connectivity index (χ4n) is 0.671. The number of hydrogen-bond acceptors (Lipinski definition) is 0. The maximum absolute atomic E-state index is 10.5. The lowest BCUT2D eigenvalue weighted by Crippen LogP contribution is -2.37. The lowest BCUT2D eigenvalue weighted by molar-refractivity contribution is -0.0837. The van der Waals surface area contributed by atoms with Gasteiger partial charge in [0.05, 0.1) is 6.16 Å². The van der Waals surface area contributed by atoms with Crippen molar-refractivity contribution in [3.63, 3.8) is 0 Å². The van der Waals surface area contributed by atoms with Crippen LogP contribution in [0.15, 0.2) is 0 Å². The van der Waals surface area contributed by atoms with Gasteiger partial charge in [0.15, 0.2) is 0 Å². The molecule has 0 aliphatic carbocycles. The molecule has 0 bridgehead atoms. The molecule has 94 valence electrons. The summed E-state index contributed by atoms with van der Waals surface area (Å²) in [5.74, 6) is 0. The summed E-state index contributed by atoms with van der Waals surface area (Å²) < 4.78 is 62.9. The Kier molecular flexibility index (Phi) is 6.95. The van der Waals surface area contributed by atoms with Crippen LogP contribution in [0.4, 0.5) is 26.1 Å². The third-order valence-electron chi connectivity index (χ3n) is 1.27. The van der Waals surface area contributed by atoms with E-state index in [0.29, 0.717) is 0 Å². The van der Waals surface area contributed by atoms with Gasteiger partial charge in [0, 0.05) is 27.3 Å². The minimum absolute atomic E-state index is 0.416. The minimum atomic E-state index is -6.65. The van der Waals surface area contributed by atoms with Crippen molar-refractivity contribution in [2.45, 2.75) is 19.4 Å². The van der Waals surface area contributed by atoms with Crippen LogP contribution in [0.5, 0.6) is 0 Å². The smallest absolute Gasteiger partial charge is 0.443 e. The second kappa shape index (κ2) is 5.97. The molecule has 0 N–H and O–H groups in total. The molecule has 0 saturated carbocycles. The second-order valence-corrected chi connectivity index (χ2v) is 9.16. The molecule has 0 spiro atoms. The quantitative estimate of drug-likeness (QED) is 0.393. The maximum atomic E-state index is 10.5. The van der Waals surface area contributed by atoms with E-state index in [1.165, 1.54) is 12.6 Å². The zero-order valence-electron chi connectivity index (χ0n) is 9.21. The van der Waals surface area contributed by atoms with Crippen LogP contribution in [0.25, 0.3) is 0 Å². The highest BCUT2D eigenvalue weighted by Crippen LogP contribution is 2.46. The van der Waals surface area contributed by atoms with Crippen LogP contribution in [0.1, 0.15) is 13.3 Å². The largest absolute Gasteiger partial charge is 0.583 e. The molecule has 15 heavy (non-hydrogen) atoms. The van der Waals surface area contributed by atoms with Crippen molar-refractivity contribution in [1.29, 1.82) is 0 Å². The molecule has 0 nitrogen and oxygen atoms in total. The van der Waals surface area contributed by atoms with Crippen LogP contribution in [-0.2, 0) is 0 Å². The molecule has 0 fully saturated rings. The SMILES string of the molecule is CCC[P+](C)(C)C.F[B-](F)(F)C(F)(F)F. The van der Waals surface area contributed by atoms with Crippen molar-refractivity contribution in [2.24, 2.45) is 0 Å². The Bertz CT molecular complexity index is 156. The van der Waals surface area contributed by atoms with E-state index in [4.69, 9.17) is 0 Å². The summed E-state index contributed by atoms with van der Waals surface area (Å²) in [4.78, 5) is 0. The second-order valence-electron chi connectivity index (χ2n) is 4.13. The molecule has 0 aromatic carbocycles. The fraction of sp³-hybridized carbons (Fsp3) is 1.00. The fourth-order valence-corrected chi connectivity index (χ4v) is 2.01. The Hall–Kier alpha value is 0.0749. The van der Waals surface area contributed by atoms with Gasteiger partial charge in [-0.25, -0.2) is 13.2 Å². The Morgan fingerprint density at radius 3 is 1.27 bits per heavy atom. The van der Waals surface area contributed by atoms with E-state index in [0.717, 1.165) is 0 Å². The molecule has 0 heterocycles. The molecule has 0 aliphatic rings. The topological polar surface area (TPSA) is 0 Å². The molecular formula is C7H16BF6P. The molecule has 0 aromatic rings. The van der Waals surface area contributed by atoms with Gasteiger partial charge in [-0.15, -0.1) is 0 Å². The summed E-state index contributed by atoms with van der Waals surface area (Å²) in [6.07, 6.45) is -3.19. The first-order valence-corrected chi connectivity index (χ1v) is 7.69. The highest BCUT2D eigenvalue weighted by molar-refractivity contribution is 7.73. The van der Waals surface area contributed by atoms with Gasteiger partial charge in [-0.3, -0.25) is 0 Å². The van der Waals surface area contributed by atoms with E-state index >= 15 is 0 Å². The summed E-state index contributed by atoms with van der Waals surface area (Å²) in [6, 6.07) is 0. The van der Waals surface area contributed by atoms with Gasteiger partial charge in [-0.05, 0) is 6.42 Å². The molecule has 0 aromatic heterocycles. The summed E-state index contributed by atoms with van der Waals surface area (Å²) in [5.41, 5.74) is 0. The van der Waals surface area contributed by atoms with Crippen molar-refractivity contribution < 1.29 is 26.1 Å². The summed E-state index contributed by atoms with van der Waals surface area (Å²) in [5, 5.41) is 0. The third-order valence-corrected chi connectivity index (χ3v) is 3.05. The first-order valence-electron chi connectivity index (χ1n) is 4.38. The van der Waals surface area contributed by atoms with E-state index in [1.54, 1.807) is 0 Å². The van der Waals surface area contributed by atoms with Crippen LogP contribution < -0.4 is 0 Å². The Labute approximate surface area is 86.8 Å². The highest BCUT2D eigenvalue weighted by Gasteiger charge is 2.53. The first-order chi connectivity index (χ1) is 6.31. The van der Waals surface area contributed by atoms with Gasteiger partial charge in [0.25, 0.3) is 0 Å². The van der Waals surface area contributed by atoms with E-state index in [9.17, 15) is 26.1 Å². The standard InChI is InChI=1S/C6H16P.CBF6/c1-5-6-7(2,3)4;3-1(4,5)2(6,7)8/h5-6H2,1-4H3;/q+1;-1. The van der Waals surface area contributed by atoms with Crippen molar-refractivity contribution in [3.8, 4) is 0 Å². The van der Waals surface area contributed by atoms with Crippen LogP contribution >= 0.6 is 7.26 Å². The summed E-state index contributed by atoms with van der Waals surface area (Å²) in [7, 11) is -0.416. The number of halogens is 6. The summed E-state index contributed by atoms with van der Waals surface area (Å²) >= 11 is 0. The van der Waals surface area contributed by atoms with Crippen molar-refractivity contribution in [1.82, 2.24) is 0 Å². The van der Waals surface area contributed by atoms with Crippen LogP contribution in [0, 0.1) is 0 Å². The van der Waals surface area contributed by atoms with Crippen molar-refractivity contribution in [3.05, 3.63) is 0 Å². The van der Waals surface area contributed by atoms with E-state index in [2.05, 4.69) is 26.9 Å². The van der Waals surface area contributed by atoms with Crippen molar-refractivity contribution in [2.75, 3.05) is 26.2 Å². The van der Waals surface area contributed by atoms with Gasteiger partial charge in [0.1, 0.15) is 0 Å². The number of hydrogen-bond donors (Lipinski definition) is 0. The van der Waals surface area contributed by atoms with E-state index in [1.807, 2.05) is 0 Å². The molecule has 0 atom stereocenters. The van der Waals surface area contributed by atoms with Crippen LogP contribution in [0.2, 0.25) is 0 Å². The lowest BCUT2D eigenvalue weighted by atomic mass is 9.92. The van der Waals surface area contributed by atoms with Crippen LogP contribution in [0.3, 0.4) is 0 Å². The van der Waals surface area contributed by atoms with Gasteiger partial charge in [-0.2, -0.15) is 0 Å². The van der Waals surface area contributed by atoms with E-state index in [-0.39, 0.29) is 0 Å². The zero-order chi connectivity index (χ0) is 12.9. The zero-order valence-corrected chi connectivity index (χ0v) is 10.1. The number of alkyl halides is 3. The normalized spacial score (nSPS) is 13.2. The predicted molar refractivity (Wildman–Crippen MR) is 55.0 cm³/mol. The molecular weight excluding hydrogens is 240 g/mol. The minimum Gasteiger partial charge on any atom is -0.443 e. The predicted octanol–water partition coefficient (Wildman–Crippen LogP) is 4.24. The number of rotatable bonds is 2. The lowest BCUT2D eigenvalue weighted by Gasteiger charge is -2.16. The highest BCUT2D eigenvalue weighted by atomic mass is 31.2. The maximum Gasteiger partial charge on any atom is 0.583 e. The average molecular weight is 256 g/mol. The average Bonchev–Trinajstić information content (AvgIpc) is 1.79. The molecule has 0 unspecified atom stereocenters. The van der Waals surface area contributed by atoms with E-state index < -0.39 is 20.3 Å². The van der Waals surface area contributed by atoms with Gasteiger partial charge >= 0.3 is 13.1 Å². The monoisotopic (exact) mass is 256 g/mol. The Morgan fingerprint density at radius 2 is 1.27 bits per heavy atom. The van der Waals surface area contributed by atoms with Gasteiger partial charge < -0.3 is 12.9 Å². The van der Waals surface area contributed by atoms with Crippen molar-refractivity contribution >= 4 is 14.2 Å². The summed E-state index contributed by atoms with van der Waals surface area (Å²) in [6.45, 7) is 2.77.